The predicted molar refractivity (Wildman–Crippen MR) is 61.5 cm³/mol. The van der Waals surface area contributed by atoms with E-state index in [9.17, 15) is 13.6 Å². The van der Waals surface area contributed by atoms with Crippen LogP contribution in [0.4, 0.5) is 8.78 Å². The Balaban J connectivity index is 2.59. The Labute approximate surface area is 101 Å². The van der Waals surface area contributed by atoms with E-state index in [0.29, 0.717) is 5.56 Å². The molecule has 0 spiro atoms. The Morgan fingerprint density at radius 1 is 1.33 bits per heavy atom. The Morgan fingerprint density at radius 2 is 2.06 bits per heavy atom. The maximum absolute atomic E-state index is 13.2. The zero-order chi connectivity index (χ0) is 13.3. The molecule has 0 fully saturated rings. The predicted octanol–water partition coefficient (Wildman–Crippen LogP) is 2.03. The van der Waals surface area contributed by atoms with E-state index < -0.39 is 17.2 Å². The summed E-state index contributed by atoms with van der Waals surface area (Å²) >= 11 is 0. The van der Waals surface area contributed by atoms with Gasteiger partial charge in [0.1, 0.15) is 5.82 Å². The highest BCUT2D eigenvalue weighted by atomic mass is 19.1. The molecule has 0 radical (unpaired) electrons. The first-order valence-corrected chi connectivity index (χ1v) is 5.13. The summed E-state index contributed by atoms with van der Waals surface area (Å²) in [4.78, 5) is 17.5. The van der Waals surface area contributed by atoms with E-state index >= 15 is 0 Å². The summed E-state index contributed by atoms with van der Waals surface area (Å²) in [5.41, 5.74) is -0.439. The largest absolute Gasteiger partial charge is 0.494 e. The van der Waals surface area contributed by atoms with Crippen molar-refractivity contribution in [1.29, 1.82) is 0 Å². The van der Waals surface area contributed by atoms with Crippen LogP contribution in [0.1, 0.15) is 5.69 Å². The van der Waals surface area contributed by atoms with Gasteiger partial charge in [-0.15, -0.1) is 0 Å². The highest BCUT2D eigenvalue weighted by molar-refractivity contribution is 5.57. The van der Waals surface area contributed by atoms with Crippen molar-refractivity contribution in [2.24, 2.45) is 0 Å². The molecular weight excluding hydrogens is 242 g/mol. The maximum Gasteiger partial charge on any atom is 0.287 e. The number of H-pyrrole nitrogens is 1. The fourth-order valence-electron chi connectivity index (χ4n) is 1.52. The molecule has 18 heavy (non-hydrogen) atoms. The summed E-state index contributed by atoms with van der Waals surface area (Å²) in [7, 11) is 1.33. The fraction of sp³-hybridized carbons (Fsp3) is 0.167. The van der Waals surface area contributed by atoms with Crippen LogP contribution in [0, 0.1) is 18.6 Å². The minimum Gasteiger partial charge on any atom is -0.494 e. The number of hydrogen-bond acceptors (Lipinski definition) is 3. The summed E-state index contributed by atoms with van der Waals surface area (Å²) < 4.78 is 31.2. The van der Waals surface area contributed by atoms with Crippen molar-refractivity contribution in [2.75, 3.05) is 7.11 Å². The Morgan fingerprint density at radius 3 is 2.67 bits per heavy atom. The average molecular weight is 252 g/mol. The molecule has 0 saturated carbocycles. The van der Waals surface area contributed by atoms with Crippen LogP contribution in [0.5, 0.6) is 5.75 Å². The summed E-state index contributed by atoms with van der Waals surface area (Å²) in [5, 5.41) is 0. The van der Waals surface area contributed by atoms with Crippen molar-refractivity contribution in [3.05, 3.63) is 45.9 Å². The second-order valence-electron chi connectivity index (χ2n) is 3.66. The minimum atomic E-state index is -0.923. The SMILES string of the molecule is COc1cc(-c2nc(C)c(F)c(=O)[nH]2)ccc1F. The molecule has 4 nitrogen and oxygen atoms in total. The molecule has 94 valence electrons. The van der Waals surface area contributed by atoms with E-state index in [2.05, 4.69) is 9.97 Å². The van der Waals surface area contributed by atoms with E-state index in [4.69, 9.17) is 4.74 Å². The lowest BCUT2D eigenvalue weighted by Gasteiger charge is -2.06. The molecule has 1 aromatic carbocycles. The molecule has 0 bridgehead atoms. The number of ether oxygens (including phenoxy) is 1. The third kappa shape index (κ3) is 2.09. The first-order valence-electron chi connectivity index (χ1n) is 5.13. The van der Waals surface area contributed by atoms with Gasteiger partial charge in [0.25, 0.3) is 5.56 Å². The van der Waals surface area contributed by atoms with Crippen LogP contribution in [0.15, 0.2) is 23.0 Å². The van der Waals surface area contributed by atoms with E-state index in [1.54, 1.807) is 0 Å². The van der Waals surface area contributed by atoms with Crippen LogP contribution in [-0.4, -0.2) is 17.1 Å². The third-order valence-electron chi connectivity index (χ3n) is 2.45. The second kappa shape index (κ2) is 4.56. The number of halogens is 2. The Hall–Kier alpha value is -2.24. The van der Waals surface area contributed by atoms with Gasteiger partial charge < -0.3 is 9.72 Å². The van der Waals surface area contributed by atoms with Gasteiger partial charge in [0.2, 0.25) is 5.82 Å². The molecule has 0 aliphatic carbocycles. The molecule has 0 aliphatic heterocycles. The standard InChI is InChI=1S/C12H10F2N2O2/c1-6-10(14)12(17)16-11(15-6)7-3-4-8(13)9(5-7)18-2/h3-5H,1-2H3,(H,15,16,17). The monoisotopic (exact) mass is 252 g/mol. The van der Waals surface area contributed by atoms with Crippen molar-refractivity contribution in [3.63, 3.8) is 0 Å². The molecule has 1 heterocycles. The van der Waals surface area contributed by atoms with Gasteiger partial charge in [0, 0.05) is 5.56 Å². The number of benzene rings is 1. The molecule has 2 rings (SSSR count). The number of methoxy groups -OCH3 is 1. The van der Waals surface area contributed by atoms with Crippen LogP contribution in [-0.2, 0) is 0 Å². The smallest absolute Gasteiger partial charge is 0.287 e. The lowest BCUT2D eigenvalue weighted by atomic mass is 10.2. The van der Waals surface area contributed by atoms with Gasteiger partial charge in [0.05, 0.1) is 12.8 Å². The molecule has 0 unspecified atom stereocenters. The first kappa shape index (κ1) is 12.2. The zero-order valence-electron chi connectivity index (χ0n) is 9.75. The van der Waals surface area contributed by atoms with Crippen LogP contribution in [0.3, 0.4) is 0 Å². The van der Waals surface area contributed by atoms with Crippen LogP contribution in [0.25, 0.3) is 11.4 Å². The van der Waals surface area contributed by atoms with E-state index in [-0.39, 0.29) is 17.3 Å². The van der Waals surface area contributed by atoms with Crippen molar-refractivity contribution in [1.82, 2.24) is 9.97 Å². The van der Waals surface area contributed by atoms with Crippen molar-refractivity contribution >= 4 is 0 Å². The van der Waals surface area contributed by atoms with Crippen molar-refractivity contribution < 1.29 is 13.5 Å². The molecule has 0 atom stereocenters. The lowest BCUT2D eigenvalue weighted by Crippen LogP contribution is -2.15. The lowest BCUT2D eigenvalue weighted by molar-refractivity contribution is 0.386. The van der Waals surface area contributed by atoms with E-state index in [0.717, 1.165) is 0 Å². The Kier molecular flexibility index (Phi) is 3.10. The average Bonchev–Trinajstić information content (AvgIpc) is 2.36. The second-order valence-corrected chi connectivity index (χ2v) is 3.66. The molecule has 0 aliphatic rings. The van der Waals surface area contributed by atoms with Gasteiger partial charge in [-0.05, 0) is 25.1 Å². The zero-order valence-corrected chi connectivity index (χ0v) is 9.75. The number of rotatable bonds is 2. The number of nitrogens with zero attached hydrogens (tertiary/aromatic N) is 1. The van der Waals surface area contributed by atoms with E-state index in [1.165, 1.54) is 32.2 Å². The summed E-state index contributed by atoms with van der Waals surface area (Å²) in [6.07, 6.45) is 0. The molecule has 6 heteroatoms. The number of hydrogen-bond donors (Lipinski definition) is 1. The van der Waals surface area contributed by atoms with Crippen molar-refractivity contribution in [2.45, 2.75) is 6.92 Å². The maximum atomic E-state index is 13.2. The van der Waals surface area contributed by atoms with Gasteiger partial charge >= 0.3 is 0 Å². The van der Waals surface area contributed by atoms with Crippen molar-refractivity contribution in [3.8, 4) is 17.1 Å². The van der Waals surface area contributed by atoms with Gasteiger partial charge in [-0.2, -0.15) is 4.39 Å². The van der Waals surface area contributed by atoms with Crippen LogP contribution >= 0.6 is 0 Å². The first-order chi connectivity index (χ1) is 8.52. The Bertz CT molecular complexity index is 653. The van der Waals surface area contributed by atoms with Gasteiger partial charge in [-0.25, -0.2) is 9.37 Å². The van der Waals surface area contributed by atoms with Crippen LogP contribution < -0.4 is 10.3 Å². The highest BCUT2D eigenvalue weighted by Gasteiger charge is 2.11. The molecule has 0 saturated heterocycles. The minimum absolute atomic E-state index is 0.0166. The van der Waals surface area contributed by atoms with Gasteiger partial charge in [0.15, 0.2) is 11.6 Å². The normalized spacial score (nSPS) is 10.4. The molecule has 1 N–H and O–H groups in total. The number of aromatic amines is 1. The topological polar surface area (TPSA) is 55.0 Å². The fourth-order valence-corrected chi connectivity index (χ4v) is 1.52. The molecule has 1 aromatic heterocycles. The summed E-state index contributed by atoms with van der Waals surface area (Å²) in [5.74, 6) is -1.26. The number of aryl methyl sites for hydroxylation is 1. The van der Waals surface area contributed by atoms with Crippen LogP contribution in [0.2, 0.25) is 0 Å². The molecular formula is C12H10F2N2O2. The summed E-state index contributed by atoms with van der Waals surface area (Å²) in [6.45, 7) is 1.38. The number of aromatic nitrogens is 2. The number of nitrogens with one attached hydrogen (secondary N) is 1. The molecule has 2 aromatic rings. The molecule has 0 amide bonds. The highest BCUT2D eigenvalue weighted by Crippen LogP contribution is 2.23. The van der Waals surface area contributed by atoms with Gasteiger partial charge in [-0.3, -0.25) is 4.79 Å². The van der Waals surface area contributed by atoms with Gasteiger partial charge in [-0.1, -0.05) is 0 Å². The van der Waals surface area contributed by atoms with E-state index in [1.807, 2.05) is 0 Å². The quantitative estimate of drug-likeness (QED) is 0.889. The third-order valence-corrected chi connectivity index (χ3v) is 2.45. The summed E-state index contributed by atoms with van der Waals surface area (Å²) in [6, 6.07) is 3.99.